The second kappa shape index (κ2) is 9.03. The lowest BCUT2D eigenvalue weighted by Gasteiger charge is -2.14. The minimum atomic E-state index is -1.04. The molecule has 148 valence electrons. The van der Waals surface area contributed by atoms with Crippen molar-refractivity contribution in [2.24, 2.45) is 5.16 Å². The first-order valence-corrected chi connectivity index (χ1v) is 9.54. The Hall–Kier alpha value is -3.96. The number of benzene rings is 4. The van der Waals surface area contributed by atoms with Crippen molar-refractivity contribution >= 4 is 28.3 Å². The van der Waals surface area contributed by atoms with Gasteiger partial charge in [-0.05, 0) is 17.0 Å². The van der Waals surface area contributed by atoms with Crippen LogP contribution in [0.2, 0.25) is 0 Å². The molecule has 0 aromatic heterocycles. The van der Waals surface area contributed by atoms with Crippen molar-refractivity contribution in [1.29, 1.82) is 0 Å². The lowest BCUT2D eigenvalue weighted by Crippen LogP contribution is -2.17. The zero-order chi connectivity index (χ0) is 20.8. The summed E-state index contributed by atoms with van der Waals surface area (Å²) in [5.41, 5.74) is 2.18. The van der Waals surface area contributed by atoms with Gasteiger partial charge in [0.05, 0.1) is 5.69 Å². The number of anilines is 1. The molecule has 1 amide bonds. The molecule has 0 fully saturated rings. The third kappa shape index (κ3) is 4.37. The molecule has 0 saturated carbocycles. The van der Waals surface area contributed by atoms with Gasteiger partial charge in [-0.15, -0.1) is 0 Å². The fourth-order valence-electron chi connectivity index (χ4n) is 3.22. The Kier molecular flexibility index (Phi) is 5.83. The van der Waals surface area contributed by atoms with E-state index in [1.807, 2.05) is 72.8 Å². The maximum absolute atomic E-state index is 12.4. The highest BCUT2D eigenvalue weighted by Gasteiger charge is 2.19. The number of carbonyl (C=O) groups excluding carboxylic acids is 1. The fourth-order valence-corrected chi connectivity index (χ4v) is 3.22. The van der Waals surface area contributed by atoms with Crippen LogP contribution in [0.1, 0.15) is 17.2 Å². The van der Waals surface area contributed by atoms with Crippen LogP contribution in [0.4, 0.5) is 10.5 Å². The molecular formula is C25H20N2O3. The number of hydrogen-bond acceptors (Lipinski definition) is 4. The second-order valence-electron chi connectivity index (χ2n) is 6.69. The molecule has 0 heterocycles. The summed E-state index contributed by atoms with van der Waals surface area (Å²) in [5, 5.41) is 19.5. The van der Waals surface area contributed by atoms with Crippen LogP contribution in [0.15, 0.2) is 108 Å². The molecule has 5 nitrogen and oxygen atoms in total. The lowest BCUT2D eigenvalue weighted by atomic mass is 9.99. The summed E-state index contributed by atoms with van der Waals surface area (Å²) in [7, 11) is 0. The first kappa shape index (κ1) is 19.4. The van der Waals surface area contributed by atoms with Gasteiger partial charge in [-0.1, -0.05) is 102 Å². The molecule has 30 heavy (non-hydrogen) atoms. The summed E-state index contributed by atoms with van der Waals surface area (Å²) in [6, 6.07) is 31.6. The molecule has 0 aliphatic rings. The predicted molar refractivity (Wildman–Crippen MR) is 118 cm³/mol. The number of fused-ring (bicyclic) bond motifs is 1. The predicted octanol–water partition coefficient (Wildman–Crippen LogP) is 5.53. The molecule has 0 aliphatic carbocycles. The molecule has 0 aliphatic heterocycles. The molecule has 4 aromatic carbocycles. The van der Waals surface area contributed by atoms with E-state index in [1.165, 1.54) is 0 Å². The first-order chi connectivity index (χ1) is 14.7. The summed E-state index contributed by atoms with van der Waals surface area (Å²) >= 11 is 0. The molecule has 0 radical (unpaired) electrons. The van der Waals surface area contributed by atoms with Crippen LogP contribution in [0.5, 0.6) is 0 Å². The number of aliphatic hydroxyl groups is 1. The minimum absolute atomic E-state index is 0.245. The van der Waals surface area contributed by atoms with Gasteiger partial charge < -0.3 is 5.11 Å². The van der Waals surface area contributed by atoms with Gasteiger partial charge in [0.25, 0.3) is 0 Å². The number of nitrogens with one attached hydrogen (secondary N) is 1. The monoisotopic (exact) mass is 396 g/mol. The van der Waals surface area contributed by atoms with Crippen molar-refractivity contribution in [3.05, 3.63) is 114 Å². The molecule has 4 rings (SSSR count). The number of amides is 1. The quantitative estimate of drug-likeness (QED) is 0.265. The van der Waals surface area contributed by atoms with Crippen molar-refractivity contribution in [3.8, 4) is 0 Å². The normalized spacial score (nSPS) is 12.4. The molecule has 0 bridgehead atoms. The Labute approximate surface area is 174 Å². The SMILES string of the molecule is O=C(Nc1cccc2ccccc12)O/N=C(\c1ccccc1)C(O)c1ccccc1. The standard InChI is InChI=1S/C25H20N2O3/c28-24(20-13-5-2-6-14-20)23(19-11-3-1-4-12-19)27-30-25(29)26-22-17-9-15-18-10-7-8-16-21(18)22/h1-17,24,28H,(H,26,29)/b27-23+. The summed E-state index contributed by atoms with van der Waals surface area (Å²) in [6.45, 7) is 0. The second-order valence-corrected chi connectivity index (χ2v) is 6.69. The average Bonchev–Trinajstić information content (AvgIpc) is 2.80. The van der Waals surface area contributed by atoms with E-state index in [9.17, 15) is 9.90 Å². The summed E-state index contributed by atoms with van der Waals surface area (Å²) in [6.07, 6.45) is -1.78. The van der Waals surface area contributed by atoms with E-state index in [1.54, 1.807) is 30.3 Å². The number of aliphatic hydroxyl groups excluding tert-OH is 1. The van der Waals surface area contributed by atoms with Crippen molar-refractivity contribution in [2.75, 3.05) is 5.32 Å². The number of oxime groups is 1. The zero-order valence-electron chi connectivity index (χ0n) is 16.1. The molecule has 1 unspecified atom stereocenters. The van der Waals surface area contributed by atoms with Gasteiger partial charge in [0.1, 0.15) is 11.8 Å². The molecule has 4 aromatic rings. The lowest BCUT2D eigenvalue weighted by molar-refractivity contribution is 0.163. The maximum Gasteiger partial charge on any atom is 0.437 e. The van der Waals surface area contributed by atoms with Crippen LogP contribution in [0, 0.1) is 0 Å². The third-order valence-electron chi connectivity index (χ3n) is 4.70. The van der Waals surface area contributed by atoms with Gasteiger partial charge in [-0.2, -0.15) is 0 Å². The zero-order valence-corrected chi connectivity index (χ0v) is 16.1. The number of rotatable bonds is 5. The highest BCUT2D eigenvalue weighted by Crippen LogP contribution is 2.23. The highest BCUT2D eigenvalue weighted by molar-refractivity contribution is 6.04. The Morgan fingerprint density at radius 3 is 2.20 bits per heavy atom. The van der Waals surface area contributed by atoms with Crippen LogP contribution in [0.25, 0.3) is 10.8 Å². The number of nitrogens with zero attached hydrogens (tertiary/aromatic N) is 1. The molecule has 1 atom stereocenters. The van der Waals surface area contributed by atoms with Gasteiger partial charge in [-0.3, -0.25) is 10.2 Å². The number of hydrogen-bond donors (Lipinski definition) is 2. The first-order valence-electron chi connectivity index (χ1n) is 9.54. The molecule has 5 heteroatoms. The Morgan fingerprint density at radius 2 is 1.43 bits per heavy atom. The summed E-state index contributed by atoms with van der Waals surface area (Å²) in [4.78, 5) is 17.6. The Bertz CT molecular complexity index is 1170. The van der Waals surface area contributed by atoms with E-state index in [0.29, 0.717) is 16.8 Å². The van der Waals surface area contributed by atoms with E-state index in [2.05, 4.69) is 10.5 Å². The largest absolute Gasteiger partial charge is 0.437 e. The molecular weight excluding hydrogens is 376 g/mol. The van der Waals surface area contributed by atoms with Crippen molar-refractivity contribution in [2.45, 2.75) is 6.10 Å². The van der Waals surface area contributed by atoms with Gasteiger partial charge in [0.2, 0.25) is 0 Å². The van der Waals surface area contributed by atoms with Gasteiger partial charge in [-0.25, -0.2) is 4.79 Å². The van der Waals surface area contributed by atoms with E-state index in [-0.39, 0.29) is 5.71 Å². The van der Waals surface area contributed by atoms with E-state index in [0.717, 1.165) is 10.8 Å². The molecule has 2 N–H and O–H groups in total. The van der Waals surface area contributed by atoms with E-state index in [4.69, 9.17) is 4.84 Å². The van der Waals surface area contributed by atoms with Gasteiger partial charge in [0.15, 0.2) is 0 Å². The molecule has 0 spiro atoms. The van der Waals surface area contributed by atoms with Crippen molar-refractivity contribution < 1.29 is 14.7 Å². The summed E-state index contributed by atoms with van der Waals surface area (Å²) in [5.74, 6) is 0. The topological polar surface area (TPSA) is 70.9 Å². The van der Waals surface area contributed by atoms with Gasteiger partial charge >= 0.3 is 6.09 Å². The summed E-state index contributed by atoms with van der Waals surface area (Å²) < 4.78 is 0. The Balaban J connectivity index is 1.58. The number of carbonyl (C=O) groups is 1. The minimum Gasteiger partial charge on any atom is -0.382 e. The maximum atomic E-state index is 12.4. The Morgan fingerprint density at radius 1 is 0.800 bits per heavy atom. The van der Waals surface area contributed by atoms with Crippen LogP contribution in [-0.4, -0.2) is 16.9 Å². The fraction of sp³-hybridized carbons (Fsp3) is 0.0400. The van der Waals surface area contributed by atoms with Crippen molar-refractivity contribution in [3.63, 3.8) is 0 Å². The van der Waals surface area contributed by atoms with Crippen LogP contribution in [0.3, 0.4) is 0 Å². The van der Waals surface area contributed by atoms with Gasteiger partial charge in [0, 0.05) is 10.9 Å². The highest BCUT2D eigenvalue weighted by atomic mass is 16.7. The van der Waals surface area contributed by atoms with E-state index < -0.39 is 12.2 Å². The smallest absolute Gasteiger partial charge is 0.382 e. The van der Waals surface area contributed by atoms with Crippen molar-refractivity contribution in [1.82, 2.24) is 0 Å². The van der Waals surface area contributed by atoms with Crippen LogP contribution in [-0.2, 0) is 4.84 Å². The van der Waals surface area contributed by atoms with Crippen LogP contribution >= 0.6 is 0 Å². The van der Waals surface area contributed by atoms with Crippen LogP contribution < -0.4 is 5.32 Å². The van der Waals surface area contributed by atoms with E-state index >= 15 is 0 Å². The molecule has 0 saturated heterocycles. The average molecular weight is 396 g/mol. The third-order valence-corrected chi connectivity index (χ3v) is 4.70.